The molecule has 1 amide bonds. The van der Waals surface area contributed by atoms with E-state index in [0.717, 1.165) is 29.8 Å². The zero-order valence-corrected chi connectivity index (χ0v) is 12.2. The number of hydrogen-bond acceptors (Lipinski definition) is 3. The monoisotopic (exact) mass is 287 g/mol. The number of hydrogen-bond donors (Lipinski definition) is 2. The molecule has 1 aliphatic heterocycles. The van der Waals surface area contributed by atoms with Crippen molar-refractivity contribution < 1.29 is 9.90 Å². The van der Waals surface area contributed by atoms with Gasteiger partial charge in [0.1, 0.15) is 5.82 Å². The van der Waals surface area contributed by atoms with E-state index in [-0.39, 0.29) is 11.8 Å². The summed E-state index contributed by atoms with van der Waals surface area (Å²) in [5.41, 5.74) is 1.93. The van der Waals surface area contributed by atoms with Gasteiger partial charge < -0.3 is 15.0 Å². The maximum atomic E-state index is 12.2. The van der Waals surface area contributed by atoms with Crippen LogP contribution < -0.4 is 0 Å². The molecule has 1 fully saturated rings. The highest BCUT2D eigenvalue weighted by Gasteiger charge is 2.26. The second kappa shape index (κ2) is 5.85. The number of aryl methyl sites for hydroxylation is 1. The summed E-state index contributed by atoms with van der Waals surface area (Å²) in [5.74, 6) is 1.22. The van der Waals surface area contributed by atoms with Gasteiger partial charge in [-0.25, -0.2) is 4.98 Å². The Bertz CT molecular complexity index is 604. The second-order valence-corrected chi connectivity index (χ2v) is 5.87. The van der Waals surface area contributed by atoms with Gasteiger partial charge in [0.05, 0.1) is 17.1 Å². The lowest BCUT2D eigenvalue weighted by Crippen LogP contribution is -2.45. The fourth-order valence-corrected chi connectivity index (χ4v) is 2.78. The average Bonchev–Trinajstić information content (AvgIpc) is 2.90. The summed E-state index contributed by atoms with van der Waals surface area (Å²) in [5, 5.41) is 9.87. The Morgan fingerprint density at radius 1 is 1.48 bits per heavy atom. The zero-order valence-electron chi connectivity index (χ0n) is 12.2. The average molecular weight is 287 g/mol. The highest BCUT2D eigenvalue weighted by Crippen LogP contribution is 2.18. The van der Waals surface area contributed by atoms with Gasteiger partial charge >= 0.3 is 0 Å². The van der Waals surface area contributed by atoms with Gasteiger partial charge in [-0.2, -0.15) is 0 Å². The number of para-hydroxylation sites is 2. The number of imidazole rings is 1. The van der Waals surface area contributed by atoms with E-state index in [1.54, 1.807) is 4.90 Å². The Kier molecular flexibility index (Phi) is 3.92. The Morgan fingerprint density at radius 3 is 3.05 bits per heavy atom. The molecule has 3 rings (SSSR count). The summed E-state index contributed by atoms with van der Waals surface area (Å²) in [6.45, 7) is 3.23. The van der Waals surface area contributed by atoms with Gasteiger partial charge in [0.15, 0.2) is 0 Å². The maximum absolute atomic E-state index is 12.2. The first-order valence-corrected chi connectivity index (χ1v) is 7.53. The quantitative estimate of drug-likeness (QED) is 0.903. The number of aliphatic hydroxyl groups excluding tert-OH is 1. The third kappa shape index (κ3) is 3.08. The van der Waals surface area contributed by atoms with Crippen LogP contribution in [0.1, 0.15) is 25.6 Å². The second-order valence-electron chi connectivity index (χ2n) is 5.87. The van der Waals surface area contributed by atoms with Gasteiger partial charge in [0.25, 0.3) is 0 Å². The maximum Gasteiger partial charge on any atom is 0.223 e. The molecule has 2 unspecified atom stereocenters. The number of aliphatic hydroxyl groups is 1. The molecule has 0 bridgehead atoms. The number of β-amino-alcohol motifs (C(OH)–C–C–N with tert-alkyl or cyclic N) is 1. The molecule has 2 aromatic rings. The minimum atomic E-state index is -0.395. The van der Waals surface area contributed by atoms with E-state index >= 15 is 0 Å². The van der Waals surface area contributed by atoms with Crippen molar-refractivity contribution in [1.29, 1.82) is 0 Å². The number of aromatic nitrogens is 2. The van der Waals surface area contributed by atoms with E-state index in [0.29, 0.717) is 19.4 Å². The number of fused-ring (bicyclic) bond motifs is 1. The Hall–Kier alpha value is -1.88. The third-order valence-corrected chi connectivity index (χ3v) is 4.29. The van der Waals surface area contributed by atoms with Crippen molar-refractivity contribution in [2.45, 2.75) is 32.3 Å². The highest BCUT2D eigenvalue weighted by atomic mass is 16.3. The fraction of sp³-hybridized carbons (Fsp3) is 0.500. The number of rotatable bonds is 3. The molecular formula is C16H21N3O2. The van der Waals surface area contributed by atoms with Gasteiger partial charge in [-0.1, -0.05) is 19.1 Å². The van der Waals surface area contributed by atoms with Crippen molar-refractivity contribution in [3.8, 4) is 0 Å². The minimum absolute atomic E-state index is 0.0985. The summed E-state index contributed by atoms with van der Waals surface area (Å²) in [4.78, 5) is 21.7. The summed E-state index contributed by atoms with van der Waals surface area (Å²) >= 11 is 0. The molecule has 1 saturated heterocycles. The smallest absolute Gasteiger partial charge is 0.223 e. The first-order chi connectivity index (χ1) is 10.1. The molecule has 2 heterocycles. The van der Waals surface area contributed by atoms with Crippen molar-refractivity contribution in [2.75, 3.05) is 13.1 Å². The molecule has 5 nitrogen and oxygen atoms in total. The van der Waals surface area contributed by atoms with Crippen LogP contribution in [0.5, 0.6) is 0 Å². The van der Waals surface area contributed by atoms with E-state index in [1.807, 2.05) is 31.2 Å². The fourth-order valence-electron chi connectivity index (χ4n) is 2.78. The van der Waals surface area contributed by atoms with Crippen LogP contribution in [0, 0.1) is 5.92 Å². The van der Waals surface area contributed by atoms with Crippen LogP contribution >= 0.6 is 0 Å². The Labute approximate surface area is 124 Å². The number of nitrogens with zero attached hydrogens (tertiary/aromatic N) is 2. The lowest BCUT2D eigenvalue weighted by atomic mass is 9.96. The Morgan fingerprint density at radius 2 is 2.29 bits per heavy atom. The SMILES string of the molecule is CC1CCN(C(=O)CCc2nc3ccccc3[nH]2)CC1O. The van der Waals surface area contributed by atoms with Crippen LogP contribution in [0.4, 0.5) is 0 Å². The topological polar surface area (TPSA) is 69.2 Å². The van der Waals surface area contributed by atoms with E-state index in [1.165, 1.54) is 0 Å². The van der Waals surface area contributed by atoms with Crippen LogP contribution in [0.2, 0.25) is 0 Å². The highest BCUT2D eigenvalue weighted by molar-refractivity contribution is 5.77. The number of nitrogens with one attached hydrogen (secondary N) is 1. The van der Waals surface area contributed by atoms with E-state index in [4.69, 9.17) is 0 Å². The van der Waals surface area contributed by atoms with E-state index in [2.05, 4.69) is 9.97 Å². The standard InChI is InChI=1S/C16H21N3O2/c1-11-8-9-19(10-14(11)20)16(21)7-6-15-17-12-4-2-3-5-13(12)18-15/h2-5,11,14,20H,6-10H2,1H3,(H,17,18). The molecule has 0 spiro atoms. The molecule has 2 N–H and O–H groups in total. The molecular weight excluding hydrogens is 266 g/mol. The normalized spacial score (nSPS) is 22.7. The lowest BCUT2D eigenvalue weighted by Gasteiger charge is -2.34. The van der Waals surface area contributed by atoms with Crippen LogP contribution in [0.3, 0.4) is 0 Å². The van der Waals surface area contributed by atoms with Crippen LogP contribution in [0.25, 0.3) is 11.0 Å². The molecule has 0 aliphatic carbocycles. The molecule has 0 saturated carbocycles. The number of carbonyl (C=O) groups excluding carboxylic acids is 1. The molecule has 21 heavy (non-hydrogen) atoms. The number of likely N-dealkylation sites (tertiary alicyclic amines) is 1. The third-order valence-electron chi connectivity index (χ3n) is 4.29. The van der Waals surface area contributed by atoms with Crippen molar-refractivity contribution in [1.82, 2.24) is 14.9 Å². The van der Waals surface area contributed by atoms with Crippen molar-refractivity contribution in [2.24, 2.45) is 5.92 Å². The predicted octanol–water partition coefficient (Wildman–Crippen LogP) is 1.72. The van der Waals surface area contributed by atoms with E-state index in [9.17, 15) is 9.90 Å². The summed E-state index contributed by atoms with van der Waals surface area (Å²) < 4.78 is 0. The van der Waals surface area contributed by atoms with Gasteiger partial charge in [0, 0.05) is 25.9 Å². The molecule has 2 atom stereocenters. The van der Waals surface area contributed by atoms with Crippen molar-refractivity contribution in [3.63, 3.8) is 0 Å². The zero-order chi connectivity index (χ0) is 14.8. The predicted molar refractivity (Wildman–Crippen MR) is 80.8 cm³/mol. The largest absolute Gasteiger partial charge is 0.391 e. The molecule has 1 aromatic carbocycles. The number of benzene rings is 1. The van der Waals surface area contributed by atoms with Gasteiger partial charge in [-0.3, -0.25) is 4.79 Å². The molecule has 1 aromatic heterocycles. The van der Waals surface area contributed by atoms with Gasteiger partial charge in [-0.05, 0) is 24.5 Å². The van der Waals surface area contributed by atoms with Crippen LogP contribution in [0.15, 0.2) is 24.3 Å². The lowest BCUT2D eigenvalue weighted by molar-refractivity contribution is -0.135. The summed E-state index contributed by atoms with van der Waals surface area (Å²) in [6.07, 6.45) is 1.52. The summed E-state index contributed by atoms with van der Waals surface area (Å²) in [7, 11) is 0. The first-order valence-electron chi connectivity index (χ1n) is 7.53. The van der Waals surface area contributed by atoms with Crippen LogP contribution in [-0.4, -0.2) is 45.1 Å². The molecule has 0 radical (unpaired) electrons. The van der Waals surface area contributed by atoms with E-state index < -0.39 is 6.10 Å². The Balaban J connectivity index is 1.58. The van der Waals surface area contributed by atoms with Crippen LogP contribution in [-0.2, 0) is 11.2 Å². The van der Waals surface area contributed by atoms with Gasteiger partial charge in [0.2, 0.25) is 5.91 Å². The number of amides is 1. The number of H-pyrrole nitrogens is 1. The van der Waals surface area contributed by atoms with Crippen molar-refractivity contribution >= 4 is 16.9 Å². The molecule has 112 valence electrons. The molecule has 1 aliphatic rings. The summed E-state index contributed by atoms with van der Waals surface area (Å²) in [6, 6.07) is 7.86. The number of carbonyl (C=O) groups is 1. The first kappa shape index (κ1) is 14.1. The minimum Gasteiger partial charge on any atom is -0.391 e. The molecule has 5 heteroatoms. The number of piperidine rings is 1. The number of aromatic amines is 1. The van der Waals surface area contributed by atoms with Crippen molar-refractivity contribution in [3.05, 3.63) is 30.1 Å². The van der Waals surface area contributed by atoms with Gasteiger partial charge in [-0.15, -0.1) is 0 Å².